The van der Waals surface area contributed by atoms with Gasteiger partial charge in [-0.15, -0.1) is 11.8 Å². The number of thioether (sulfide) groups is 1. The number of ether oxygens (including phenoxy) is 1. The van der Waals surface area contributed by atoms with Crippen LogP contribution in [-0.4, -0.2) is 12.9 Å². The molecule has 0 fully saturated rings. The van der Waals surface area contributed by atoms with Crippen LogP contribution in [-0.2, 0) is 0 Å². The first-order valence-corrected chi connectivity index (χ1v) is 7.33. The number of benzene rings is 2. The number of nitrogens with two attached hydrogens (primary N) is 1. The summed E-state index contributed by atoms with van der Waals surface area (Å²) < 4.78 is 5.13. The van der Waals surface area contributed by atoms with Gasteiger partial charge in [-0.25, -0.2) is 0 Å². The molecule has 0 aromatic heterocycles. The summed E-state index contributed by atoms with van der Waals surface area (Å²) in [5.74, 6) is 1.66. The third kappa shape index (κ3) is 4.16. The molecule has 0 heterocycles. The zero-order chi connectivity index (χ0) is 13.7. The smallest absolute Gasteiger partial charge is 0.118 e. The highest BCUT2D eigenvalue weighted by molar-refractivity contribution is 7.99. The fraction of sp³-hybridized carbons (Fsp3) is 0.200. The Morgan fingerprint density at radius 3 is 2.58 bits per heavy atom. The Labute approximate surface area is 122 Å². The van der Waals surface area contributed by atoms with Crippen LogP contribution in [0.15, 0.2) is 53.4 Å². The molecule has 0 aliphatic carbocycles. The van der Waals surface area contributed by atoms with E-state index in [1.165, 1.54) is 0 Å². The Morgan fingerprint density at radius 1 is 1.21 bits per heavy atom. The van der Waals surface area contributed by atoms with E-state index in [9.17, 15) is 0 Å². The molecule has 0 aliphatic rings. The second-order valence-corrected chi connectivity index (χ2v) is 5.68. The molecule has 0 bridgehead atoms. The van der Waals surface area contributed by atoms with Gasteiger partial charge in [-0.1, -0.05) is 29.8 Å². The third-order valence-corrected chi connectivity index (χ3v) is 4.12. The molecule has 0 saturated heterocycles. The molecule has 2 aromatic rings. The maximum absolute atomic E-state index is 6.18. The number of halogens is 1. The minimum atomic E-state index is -0.00473. The van der Waals surface area contributed by atoms with Gasteiger partial charge in [-0.05, 0) is 35.9 Å². The zero-order valence-electron chi connectivity index (χ0n) is 10.7. The number of methoxy groups -OCH3 is 1. The van der Waals surface area contributed by atoms with Gasteiger partial charge in [0.15, 0.2) is 0 Å². The predicted octanol–water partition coefficient (Wildman–Crippen LogP) is 4.14. The van der Waals surface area contributed by atoms with Crippen molar-refractivity contribution in [2.24, 2.45) is 5.73 Å². The van der Waals surface area contributed by atoms with Crippen LogP contribution in [0.5, 0.6) is 5.75 Å². The van der Waals surface area contributed by atoms with Gasteiger partial charge in [-0.2, -0.15) is 0 Å². The highest BCUT2D eigenvalue weighted by atomic mass is 35.5. The quantitative estimate of drug-likeness (QED) is 0.842. The molecule has 1 unspecified atom stereocenters. The normalized spacial score (nSPS) is 12.2. The van der Waals surface area contributed by atoms with Crippen LogP contribution < -0.4 is 10.5 Å². The van der Waals surface area contributed by atoms with E-state index in [1.54, 1.807) is 18.9 Å². The first kappa shape index (κ1) is 14.3. The molecule has 100 valence electrons. The van der Waals surface area contributed by atoms with Crippen molar-refractivity contribution in [2.45, 2.75) is 10.9 Å². The summed E-state index contributed by atoms with van der Waals surface area (Å²) in [6.07, 6.45) is 0. The molecule has 4 heteroatoms. The van der Waals surface area contributed by atoms with Crippen molar-refractivity contribution in [3.63, 3.8) is 0 Å². The van der Waals surface area contributed by atoms with Crippen molar-refractivity contribution >= 4 is 23.4 Å². The van der Waals surface area contributed by atoms with Crippen LogP contribution in [0.1, 0.15) is 11.6 Å². The second kappa shape index (κ2) is 6.85. The predicted molar refractivity (Wildman–Crippen MR) is 82.1 cm³/mol. The van der Waals surface area contributed by atoms with Gasteiger partial charge < -0.3 is 10.5 Å². The molecule has 2 N–H and O–H groups in total. The van der Waals surface area contributed by atoms with Crippen LogP contribution in [0, 0.1) is 0 Å². The van der Waals surface area contributed by atoms with E-state index in [-0.39, 0.29) is 6.04 Å². The Balaban J connectivity index is 1.95. The maximum atomic E-state index is 6.18. The van der Waals surface area contributed by atoms with Crippen LogP contribution in [0.2, 0.25) is 5.02 Å². The number of hydrogen-bond acceptors (Lipinski definition) is 3. The Hall–Kier alpha value is -1.16. The van der Waals surface area contributed by atoms with Gasteiger partial charge in [0, 0.05) is 21.7 Å². The summed E-state index contributed by atoms with van der Waals surface area (Å²) in [6.45, 7) is 0. The summed E-state index contributed by atoms with van der Waals surface area (Å²) in [5.41, 5.74) is 7.28. The van der Waals surface area contributed by atoms with Crippen molar-refractivity contribution in [3.05, 3.63) is 59.1 Å². The highest BCUT2D eigenvalue weighted by Crippen LogP contribution is 2.26. The minimum Gasteiger partial charge on any atom is -0.497 e. The lowest BCUT2D eigenvalue weighted by molar-refractivity contribution is 0.414. The lowest BCUT2D eigenvalue weighted by Gasteiger charge is -2.12. The van der Waals surface area contributed by atoms with Crippen LogP contribution >= 0.6 is 23.4 Å². The van der Waals surface area contributed by atoms with E-state index in [4.69, 9.17) is 22.1 Å². The van der Waals surface area contributed by atoms with Crippen molar-refractivity contribution < 1.29 is 4.74 Å². The molecule has 0 amide bonds. The average Bonchev–Trinajstić information content (AvgIpc) is 2.45. The summed E-state index contributed by atoms with van der Waals surface area (Å²) in [5, 5.41) is 0.753. The number of rotatable bonds is 5. The Morgan fingerprint density at radius 2 is 1.95 bits per heavy atom. The van der Waals surface area contributed by atoms with E-state index >= 15 is 0 Å². The Bertz CT molecular complexity index is 530. The summed E-state index contributed by atoms with van der Waals surface area (Å²) in [4.78, 5) is 1.14. The van der Waals surface area contributed by atoms with Gasteiger partial charge in [0.05, 0.1) is 7.11 Å². The minimum absolute atomic E-state index is 0.00473. The SMILES string of the molecule is COc1ccc(C(N)CSc2cccc(Cl)c2)cc1. The fourth-order valence-corrected chi connectivity index (χ4v) is 2.89. The van der Waals surface area contributed by atoms with E-state index in [1.807, 2.05) is 48.5 Å². The van der Waals surface area contributed by atoms with Gasteiger partial charge in [-0.3, -0.25) is 0 Å². The van der Waals surface area contributed by atoms with Gasteiger partial charge in [0.2, 0.25) is 0 Å². The van der Waals surface area contributed by atoms with E-state index in [0.717, 1.165) is 27.0 Å². The van der Waals surface area contributed by atoms with Crippen molar-refractivity contribution in [1.29, 1.82) is 0 Å². The first-order valence-electron chi connectivity index (χ1n) is 5.97. The largest absolute Gasteiger partial charge is 0.497 e. The van der Waals surface area contributed by atoms with E-state index in [0.29, 0.717) is 0 Å². The molecule has 0 saturated carbocycles. The summed E-state index contributed by atoms with van der Waals surface area (Å²) in [6, 6.07) is 15.7. The van der Waals surface area contributed by atoms with Gasteiger partial charge >= 0.3 is 0 Å². The molecule has 0 aliphatic heterocycles. The molecule has 0 radical (unpaired) electrons. The zero-order valence-corrected chi connectivity index (χ0v) is 12.2. The molecule has 2 nitrogen and oxygen atoms in total. The average molecular weight is 294 g/mol. The van der Waals surface area contributed by atoms with Crippen molar-refractivity contribution in [3.8, 4) is 5.75 Å². The molecule has 2 aromatic carbocycles. The van der Waals surface area contributed by atoms with Crippen molar-refractivity contribution in [1.82, 2.24) is 0 Å². The first-order chi connectivity index (χ1) is 9.19. The monoisotopic (exact) mass is 293 g/mol. The standard InChI is InChI=1S/C15H16ClNOS/c1-18-13-7-5-11(6-8-13)15(17)10-19-14-4-2-3-12(16)9-14/h2-9,15H,10,17H2,1H3. The van der Waals surface area contributed by atoms with Crippen molar-refractivity contribution in [2.75, 3.05) is 12.9 Å². The molecule has 2 rings (SSSR count). The molecular weight excluding hydrogens is 278 g/mol. The second-order valence-electron chi connectivity index (χ2n) is 4.15. The van der Waals surface area contributed by atoms with Gasteiger partial charge in [0.1, 0.15) is 5.75 Å². The molecule has 0 spiro atoms. The molecule has 19 heavy (non-hydrogen) atoms. The fourth-order valence-electron chi connectivity index (χ4n) is 1.69. The van der Waals surface area contributed by atoms with E-state index in [2.05, 4.69) is 0 Å². The lowest BCUT2D eigenvalue weighted by Crippen LogP contribution is -2.12. The summed E-state index contributed by atoms with van der Waals surface area (Å²) in [7, 11) is 1.66. The summed E-state index contributed by atoms with van der Waals surface area (Å²) >= 11 is 7.66. The van der Waals surface area contributed by atoms with Crippen LogP contribution in [0.25, 0.3) is 0 Å². The number of hydrogen-bond donors (Lipinski definition) is 1. The third-order valence-electron chi connectivity index (χ3n) is 2.77. The maximum Gasteiger partial charge on any atom is 0.118 e. The van der Waals surface area contributed by atoms with Crippen LogP contribution in [0.4, 0.5) is 0 Å². The van der Waals surface area contributed by atoms with Gasteiger partial charge in [0.25, 0.3) is 0 Å². The lowest BCUT2D eigenvalue weighted by atomic mass is 10.1. The Kier molecular flexibility index (Phi) is 5.14. The highest BCUT2D eigenvalue weighted by Gasteiger charge is 2.07. The topological polar surface area (TPSA) is 35.2 Å². The van der Waals surface area contributed by atoms with Crippen LogP contribution in [0.3, 0.4) is 0 Å². The molecule has 1 atom stereocenters. The van der Waals surface area contributed by atoms with E-state index < -0.39 is 0 Å². The molecular formula is C15H16ClNOS.